The summed E-state index contributed by atoms with van der Waals surface area (Å²) in [7, 11) is 5.91. The number of aliphatic carboxylic acids is 1. The number of unbranched alkanes of at least 4 members (excludes halogenated alkanes) is 22. The fourth-order valence-corrected chi connectivity index (χ4v) is 6.76. The molecule has 2 atom stereocenters. The Balaban J connectivity index is 4.17. The lowest BCUT2D eigenvalue weighted by Gasteiger charge is -2.26. The Bertz CT molecular complexity index is 1140. The number of esters is 2. The summed E-state index contributed by atoms with van der Waals surface area (Å²) in [4.78, 5) is 36.9. The lowest BCUT2D eigenvalue weighted by atomic mass is 10.0. The Hall–Kier alpha value is -2.75. The maximum Gasteiger partial charge on any atom is 0.306 e. The number of carboxylic acids is 1. The molecule has 0 fully saturated rings. The SMILES string of the molecule is CC/C=C\C/C=C\C/C=C\C/C=C\CCCCCCCCCCCCCCCCC(=O)OC(COC(=O)CCCCCCCCCCC)COC(OCC[N+](C)(C)C)C(=O)[O-]. The van der Waals surface area contributed by atoms with Gasteiger partial charge < -0.3 is 33.3 Å². The van der Waals surface area contributed by atoms with E-state index in [-0.39, 0.29) is 32.2 Å². The van der Waals surface area contributed by atoms with Crippen LogP contribution in [0.15, 0.2) is 48.6 Å². The van der Waals surface area contributed by atoms with Gasteiger partial charge in [0.05, 0.1) is 40.3 Å². The molecule has 0 aromatic heterocycles. The molecule has 0 N–H and O–H groups in total. The first-order valence-corrected chi connectivity index (χ1v) is 24.8. The minimum atomic E-state index is -1.62. The molecule has 0 heterocycles. The third-order valence-corrected chi connectivity index (χ3v) is 10.6. The van der Waals surface area contributed by atoms with Gasteiger partial charge in [0.2, 0.25) is 0 Å². The molecule has 0 bridgehead atoms. The standard InChI is InChI=1S/C52H93NO8/c1-6-8-10-12-14-16-17-18-19-20-21-22-23-24-25-26-27-28-29-30-31-32-33-35-37-39-41-43-50(55)61-48(47-60-52(51(56)57)58-45-44-53(3,4)5)46-59-49(54)42-40-38-36-34-15-13-11-9-7-2/h8,10,14,16,18-19,21-22,48,52H,6-7,9,11-13,15,17,20,23-47H2,1-5H3/b10-8-,16-14-,19-18-,22-21-. The molecule has 61 heavy (non-hydrogen) atoms. The first-order chi connectivity index (χ1) is 29.6. The van der Waals surface area contributed by atoms with Crippen LogP contribution >= 0.6 is 0 Å². The third kappa shape index (κ3) is 45.1. The van der Waals surface area contributed by atoms with Crippen molar-refractivity contribution in [1.82, 2.24) is 0 Å². The van der Waals surface area contributed by atoms with Gasteiger partial charge in [-0.25, -0.2) is 0 Å². The summed E-state index contributed by atoms with van der Waals surface area (Å²) >= 11 is 0. The zero-order valence-electron chi connectivity index (χ0n) is 40.0. The van der Waals surface area contributed by atoms with Crippen LogP contribution in [-0.2, 0) is 33.3 Å². The average molecular weight is 860 g/mol. The molecule has 9 heteroatoms. The van der Waals surface area contributed by atoms with E-state index in [2.05, 4.69) is 62.5 Å². The quantitative estimate of drug-likeness (QED) is 0.0196. The summed E-state index contributed by atoms with van der Waals surface area (Å²) < 4.78 is 22.5. The number of hydrogen-bond acceptors (Lipinski definition) is 8. The molecule has 0 radical (unpaired) electrons. The molecule has 0 aromatic rings. The van der Waals surface area contributed by atoms with Gasteiger partial charge in [0.25, 0.3) is 0 Å². The normalized spacial score (nSPS) is 13.3. The molecule has 0 aliphatic heterocycles. The van der Waals surface area contributed by atoms with Crippen molar-refractivity contribution in [2.24, 2.45) is 0 Å². The molecule has 0 aliphatic rings. The van der Waals surface area contributed by atoms with Gasteiger partial charge in [0.15, 0.2) is 12.4 Å². The van der Waals surface area contributed by atoms with Crippen LogP contribution in [0.5, 0.6) is 0 Å². The number of hydrogen-bond donors (Lipinski definition) is 0. The number of carbonyl (C=O) groups is 3. The fraction of sp³-hybridized carbons (Fsp3) is 0.788. The Kier molecular flexibility index (Phi) is 41.9. The van der Waals surface area contributed by atoms with Crippen molar-refractivity contribution < 1.29 is 42.9 Å². The van der Waals surface area contributed by atoms with Crippen molar-refractivity contribution in [3.63, 3.8) is 0 Å². The van der Waals surface area contributed by atoms with Crippen molar-refractivity contribution in [2.75, 3.05) is 47.5 Å². The molecule has 0 spiro atoms. The molecule has 0 rings (SSSR count). The van der Waals surface area contributed by atoms with Crippen LogP contribution in [0.3, 0.4) is 0 Å². The van der Waals surface area contributed by atoms with Gasteiger partial charge in [-0.15, -0.1) is 0 Å². The van der Waals surface area contributed by atoms with Crippen LogP contribution in [0.1, 0.15) is 206 Å². The second-order valence-corrected chi connectivity index (χ2v) is 17.7. The summed E-state index contributed by atoms with van der Waals surface area (Å²) in [5, 5.41) is 11.7. The highest BCUT2D eigenvalue weighted by molar-refractivity contribution is 5.70. The molecule has 2 unspecified atom stereocenters. The largest absolute Gasteiger partial charge is 0.545 e. The summed E-state index contributed by atoms with van der Waals surface area (Å²) in [5.74, 6) is -2.28. The Morgan fingerprint density at radius 3 is 1.39 bits per heavy atom. The summed E-state index contributed by atoms with van der Waals surface area (Å²) in [5.41, 5.74) is 0. The number of allylic oxidation sites excluding steroid dienone is 8. The van der Waals surface area contributed by atoms with E-state index in [1.54, 1.807) is 0 Å². The van der Waals surface area contributed by atoms with Crippen LogP contribution in [0.25, 0.3) is 0 Å². The Morgan fingerprint density at radius 2 is 0.934 bits per heavy atom. The van der Waals surface area contributed by atoms with Crippen LogP contribution in [-0.4, -0.2) is 82.3 Å². The summed E-state index contributed by atoms with van der Waals surface area (Å²) in [6, 6.07) is 0. The summed E-state index contributed by atoms with van der Waals surface area (Å²) in [6.07, 6.45) is 48.8. The van der Waals surface area contributed by atoms with Crippen LogP contribution < -0.4 is 5.11 Å². The molecule has 0 saturated heterocycles. The van der Waals surface area contributed by atoms with Crippen LogP contribution in [0.4, 0.5) is 0 Å². The van der Waals surface area contributed by atoms with Gasteiger partial charge >= 0.3 is 11.9 Å². The second-order valence-electron chi connectivity index (χ2n) is 17.7. The van der Waals surface area contributed by atoms with E-state index < -0.39 is 24.3 Å². The lowest BCUT2D eigenvalue weighted by Crippen LogP contribution is -2.44. The molecular weight excluding hydrogens is 767 g/mol. The first kappa shape index (κ1) is 58.2. The average Bonchev–Trinajstić information content (AvgIpc) is 3.22. The van der Waals surface area contributed by atoms with Crippen LogP contribution in [0, 0.1) is 0 Å². The van der Waals surface area contributed by atoms with Gasteiger partial charge in [-0.3, -0.25) is 9.59 Å². The van der Waals surface area contributed by atoms with E-state index in [0.29, 0.717) is 23.9 Å². The predicted octanol–water partition coefficient (Wildman–Crippen LogP) is 12.2. The minimum Gasteiger partial charge on any atom is -0.545 e. The lowest BCUT2D eigenvalue weighted by molar-refractivity contribution is -0.870. The molecule has 9 nitrogen and oxygen atoms in total. The number of quaternary nitrogens is 1. The van der Waals surface area contributed by atoms with E-state index in [0.717, 1.165) is 57.8 Å². The zero-order valence-corrected chi connectivity index (χ0v) is 40.0. The van der Waals surface area contributed by atoms with Gasteiger partial charge in [-0.2, -0.15) is 0 Å². The summed E-state index contributed by atoms with van der Waals surface area (Å²) in [6.45, 7) is 4.61. The highest BCUT2D eigenvalue weighted by Gasteiger charge is 2.21. The Labute approximate surface area is 374 Å². The van der Waals surface area contributed by atoms with E-state index in [9.17, 15) is 19.5 Å². The topological polar surface area (TPSA) is 111 Å². The third-order valence-electron chi connectivity index (χ3n) is 10.6. The molecular formula is C52H93NO8. The monoisotopic (exact) mass is 860 g/mol. The van der Waals surface area contributed by atoms with E-state index in [4.69, 9.17) is 18.9 Å². The van der Waals surface area contributed by atoms with Gasteiger partial charge in [-0.1, -0.05) is 191 Å². The second kappa shape index (κ2) is 43.9. The number of ether oxygens (including phenoxy) is 4. The number of rotatable bonds is 45. The maximum absolute atomic E-state index is 12.8. The number of carboxylic acid groups (broad SMARTS) is 1. The molecule has 354 valence electrons. The van der Waals surface area contributed by atoms with Crippen LogP contribution in [0.2, 0.25) is 0 Å². The van der Waals surface area contributed by atoms with Gasteiger partial charge in [0, 0.05) is 12.8 Å². The number of carbonyl (C=O) groups excluding carboxylic acids is 3. The highest BCUT2D eigenvalue weighted by atomic mass is 16.7. The molecule has 0 amide bonds. The fourth-order valence-electron chi connectivity index (χ4n) is 6.76. The van der Waals surface area contributed by atoms with Crippen molar-refractivity contribution in [3.8, 4) is 0 Å². The van der Waals surface area contributed by atoms with Crippen molar-refractivity contribution in [2.45, 2.75) is 219 Å². The van der Waals surface area contributed by atoms with Crippen molar-refractivity contribution in [3.05, 3.63) is 48.6 Å². The minimum absolute atomic E-state index is 0.148. The van der Waals surface area contributed by atoms with E-state index in [1.807, 2.05) is 21.1 Å². The van der Waals surface area contributed by atoms with Crippen molar-refractivity contribution >= 4 is 17.9 Å². The number of likely N-dealkylation sites (N-methyl/N-ethyl adjacent to an activating group) is 1. The molecule has 0 aromatic carbocycles. The smallest absolute Gasteiger partial charge is 0.306 e. The van der Waals surface area contributed by atoms with Gasteiger partial charge in [0.1, 0.15) is 13.2 Å². The molecule has 0 saturated carbocycles. The van der Waals surface area contributed by atoms with E-state index in [1.165, 1.54) is 116 Å². The maximum atomic E-state index is 12.8. The molecule has 0 aliphatic carbocycles. The first-order valence-electron chi connectivity index (χ1n) is 24.8. The highest BCUT2D eigenvalue weighted by Crippen LogP contribution is 2.15. The number of nitrogens with zero attached hydrogens (tertiary/aromatic N) is 1. The predicted molar refractivity (Wildman–Crippen MR) is 251 cm³/mol. The van der Waals surface area contributed by atoms with Gasteiger partial charge in [-0.05, 0) is 51.4 Å². The van der Waals surface area contributed by atoms with Crippen molar-refractivity contribution in [1.29, 1.82) is 0 Å². The Morgan fingerprint density at radius 1 is 0.508 bits per heavy atom. The van der Waals surface area contributed by atoms with E-state index >= 15 is 0 Å². The zero-order chi connectivity index (χ0) is 44.9.